The lowest BCUT2D eigenvalue weighted by molar-refractivity contribution is -0.132. The standard InChI is InChI=1S/C34H25ClFN3O4S2/c1-20-5-2-3-6-24(20)18-43-27-15-11-22(12-16-27)30(40)28-29(23-7-4-8-25(35)17-23)39(32(42)31(28)41)33-37-38-34(45-33)44-19-21-9-13-26(36)14-10-21/h2-17,29,40H,18-19H2,1H3. The first-order chi connectivity index (χ1) is 21.8. The Morgan fingerprint density at radius 1 is 1.00 bits per heavy atom. The van der Waals surface area contributed by atoms with Crippen molar-refractivity contribution < 1.29 is 23.8 Å². The van der Waals surface area contributed by atoms with Crippen LogP contribution in [-0.2, 0) is 21.9 Å². The summed E-state index contributed by atoms with van der Waals surface area (Å²) in [5, 5.41) is 20.5. The van der Waals surface area contributed by atoms with Crippen LogP contribution >= 0.6 is 34.7 Å². The molecule has 4 aromatic carbocycles. The molecule has 0 aliphatic carbocycles. The van der Waals surface area contributed by atoms with Crippen molar-refractivity contribution in [3.63, 3.8) is 0 Å². The Balaban J connectivity index is 1.30. The molecular weight excluding hydrogens is 633 g/mol. The number of halogens is 2. The number of anilines is 1. The van der Waals surface area contributed by atoms with E-state index in [0.717, 1.165) is 28.0 Å². The summed E-state index contributed by atoms with van der Waals surface area (Å²) in [5.41, 5.74) is 3.84. The number of hydrogen-bond acceptors (Lipinski definition) is 8. The molecule has 6 rings (SSSR count). The fourth-order valence-electron chi connectivity index (χ4n) is 4.90. The van der Waals surface area contributed by atoms with Gasteiger partial charge in [-0.15, -0.1) is 10.2 Å². The number of ketones is 1. The van der Waals surface area contributed by atoms with E-state index in [1.54, 1.807) is 60.7 Å². The number of carbonyl (C=O) groups excluding carboxylic acids is 2. The molecule has 226 valence electrons. The number of nitrogens with zero attached hydrogens (tertiary/aromatic N) is 3. The molecule has 1 aromatic heterocycles. The fourth-order valence-corrected chi connectivity index (χ4v) is 6.93. The van der Waals surface area contributed by atoms with Crippen LogP contribution in [0.2, 0.25) is 5.02 Å². The lowest BCUT2D eigenvalue weighted by Gasteiger charge is -2.22. The second kappa shape index (κ2) is 13.2. The summed E-state index contributed by atoms with van der Waals surface area (Å²) >= 11 is 8.83. The minimum Gasteiger partial charge on any atom is -0.507 e. The van der Waals surface area contributed by atoms with Gasteiger partial charge in [-0.1, -0.05) is 83.2 Å². The molecular formula is C34H25ClFN3O4S2. The van der Waals surface area contributed by atoms with E-state index in [1.165, 1.54) is 28.8 Å². The molecule has 11 heteroatoms. The summed E-state index contributed by atoms with van der Waals surface area (Å²) < 4.78 is 19.8. The van der Waals surface area contributed by atoms with Gasteiger partial charge in [0.15, 0.2) is 4.34 Å². The van der Waals surface area contributed by atoms with Gasteiger partial charge in [0.1, 0.15) is 23.9 Å². The number of aliphatic hydroxyl groups is 1. The highest BCUT2D eigenvalue weighted by molar-refractivity contribution is 8.00. The van der Waals surface area contributed by atoms with E-state index in [0.29, 0.717) is 38.6 Å². The molecule has 1 fully saturated rings. The highest BCUT2D eigenvalue weighted by Crippen LogP contribution is 2.44. The summed E-state index contributed by atoms with van der Waals surface area (Å²) in [7, 11) is 0. The Bertz CT molecular complexity index is 1910. The van der Waals surface area contributed by atoms with Gasteiger partial charge < -0.3 is 9.84 Å². The number of carbonyl (C=O) groups is 2. The molecule has 5 aromatic rings. The van der Waals surface area contributed by atoms with Crippen LogP contribution in [0.4, 0.5) is 9.52 Å². The first kappa shape index (κ1) is 30.5. The van der Waals surface area contributed by atoms with Crippen molar-refractivity contribution in [2.45, 2.75) is 29.7 Å². The number of thioether (sulfide) groups is 1. The lowest BCUT2D eigenvalue weighted by Crippen LogP contribution is -2.29. The van der Waals surface area contributed by atoms with Gasteiger partial charge in [0.05, 0.1) is 11.6 Å². The maximum atomic E-state index is 13.5. The highest BCUT2D eigenvalue weighted by atomic mass is 35.5. The average molecular weight is 658 g/mol. The third-order valence-electron chi connectivity index (χ3n) is 7.27. The maximum absolute atomic E-state index is 13.5. The maximum Gasteiger partial charge on any atom is 0.301 e. The number of hydrogen-bond donors (Lipinski definition) is 1. The molecule has 0 saturated carbocycles. The summed E-state index contributed by atoms with van der Waals surface area (Å²) in [6, 6.07) is 26.5. The molecule has 0 spiro atoms. The molecule has 1 aliphatic heterocycles. The van der Waals surface area contributed by atoms with E-state index in [2.05, 4.69) is 10.2 Å². The molecule has 1 N–H and O–H groups in total. The number of ether oxygens (including phenoxy) is 1. The van der Waals surface area contributed by atoms with Gasteiger partial charge in [0, 0.05) is 16.3 Å². The van der Waals surface area contributed by atoms with Crippen LogP contribution in [-0.4, -0.2) is 27.0 Å². The third-order valence-corrected chi connectivity index (χ3v) is 9.63. The van der Waals surface area contributed by atoms with Crippen LogP contribution in [0.1, 0.15) is 33.9 Å². The number of aliphatic hydroxyl groups excluding tert-OH is 1. The number of aromatic nitrogens is 2. The first-order valence-corrected chi connectivity index (χ1v) is 16.0. The lowest BCUT2D eigenvalue weighted by atomic mass is 9.95. The Labute approximate surface area is 272 Å². The van der Waals surface area contributed by atoms with Crippen LogP contribution in [0.25, 0.3) is 5.76 Å². The van der Waals surface area contributed by atoms with E-state index in [4.69, 9.17) is 16.3 Å². The monoisotopic (exact) mass is 657 g/mol. The molecule has 1 aliphatic rings. The topological polar surface area (TPSA) is 92.6 Å². The number of rotatable bonds is 9. The normalized spacial score (nSPS) is 15.9. The largest absolute Gasteiger partial charge is 0.507 e. The zero-order valence-corrected chi connectivity index (χ0v) is 26.2. The fraction of sp³-hybridized carbons (Fsp3) is 0.118. The minimum atomic E-state index is -0.997. The molecule has 45 heavy (non-hydrogen) atoms. The number of amides is 1. The molecule has 7 nitrogen and oxygen atoms in total. The summed E-state index contributed by atoms with van der Waals surface area (Å²) in [4.78, 5) is 28.3. The summed E-state index contributed by atoms with van der Waals surface area (Å²) in [6.07, 6.45) is 0. The van der Waals surface area contributed by atoms with Crippen molar-refractivity contribution in [2.24, 2.45) is 0 Å². The predicted molar refractivity (Wildman–Crippen MR) is 174 cm³/mol. The smallest absolute Gasteiger partial charge is 0.301 e. The minimum absolute atomic E-state index is 0.0911. The van der Waals surface area contributed by atoms with E-state index in [9.17, 15) is 19.1 Å². The van der Waals surface area contributed by atoms with Gasteiger partial charge in [-0.2, -0.15) is 0 Å². The van der Waals surface area contributed by atoms with Crippen molar-refractivity contribution in [1.29, 1.82) is 0 Å². The Morgan fingerprint density at radius 3 is 2.49 bits per heavy atom. The van der Waals surface area contributed by atoms with Crippen molar-refractivity contribution in [3.8, 4) is 5.75 Å². The van der Waals surface area contributed by atoms with E-state index < -0.39 is 17.7 Å². The van der Waals surface area contributed by atoms with Crippen LogP contribution in [0, 0.1) is 12.7 Å². The van der Waals surface area contributed by atoms with Crippen molar-refractivity contribution >= 4 is 57.3 Å². The van der Waals surface area contributed by atoms with Crippen molar-refractivity contribution in [1.82, 2.24) is 10.2 Å². The van der Waals surface area contributed by atoms with Gasteiger partial charge in [-0.3, -0.25) is 14.5 Å². The Morgan fingerprint density at radius 2 is 1.76 bits per heavy atom. The van der Waals surface area contributed by atoms with Crippen molar-refractivity contribution in [2.75, 3.05) is 4.90 Å². The molecule has 2 heterocycles. The van der Waals surface area contributed by atoms with Crippen LogP contribution in [0.15, 0.2) is 107 Å². The summed E-state index contributed by atoms with van der Waals surface area (Å²) in [6.45, 7) is 2.39. The van der Waals surface area contributed by atoms with Crippen LogP contribution in [0.3, 0.4) is 0 Å². The van der Waals surface area contributed by atoms with Gasteiger partial charge in [0.25, 0.3) is 5.78 Å². The molecule has 1 atom stereocenters. The first-order valence-electron chi connectivity index (χ1n) is 13.8. The van der Waals surface area contributed by atoms with E-state index in [1.807, 2.05) is 31.2 Å². The highest BCUT2D eigenvalue weighted by Gasteiger charge is 2.48. The van der Waals surface area contributed by atoms with Crippen molar-refractivity contribution in [3.05, 3.63) is 141 Å². The molecule has 1 amide bonds. The van der Waals surface area contributed by atoms with Gasteiger partial charge >= 0.3 is 5.91 Å². The zero-order chi connectivity index (χ0) is 31.5. The molecule has 1 unspecified atom stereocenters. The van der Waals surface area contributed by atoms with E-state index >= 15 is 0 Å². The predicted octanol–water partition coefficient (Wildman–Crippen LogP) is 8.14. The average Bonchev–Trinajstić information content (AvgIpc) is 3.62. The van der Waals surface area contributed by atoms with Gasteiger partial charge in [0.2, 0.25) is 5.13 Å². The Kier molecular flexibility index (Phi) is 8.97. The number of aryl methyl sites for hydroxylation is 1. The molecule has 0 radical (unpaired) electrons. The quantitative estimate of drug-likeness (QED) is 0.0562. The van der Waals surface area contributed by atoms with Gasteiger partial charge in [-0.25, -0.2) is 4.39 Å². The number of benzene rings is 4. The molecule has 1 saturated heterocycles. The SMILES string of the molecule is Cc1ccccc1COc1ccc(C(O)=C2C(=O)C(=O)N(c3nnc(SCc4ccc(F)cc4)s3)C2c2cccc(Cl)c2)cc1. The summed E-state index contributed by atoms with van der Waals surface area (Å²) in [5.74, 6) is -1.25. The van der Waals surface area contributed by atoms with E-state index in [-0.39, 0.29) is 22.3 Å². The second-order valence-electron chi connectivity index (χ2n) is 10.2. The van der Waals surface area contributed by atoms with Crippen LogP contribution < -0.4 is 9.64 Å². The third kappa shape index (κ3) is 6.63. The van der Waals surface area contributed by atoms with Gasteiger partial charge in [-0.05, 0) is 77.7 Å². The Hall–Kier alpha value is -4.51. The van der Waals surface area contributed by atoms with Crippen LogP contribution in [0.5, 0.6) is 5.75 Å². The number of Topliss-reactive ketones (excluding diaryl/α,β-unsaturated/α-hetero) is 1. The molecule has 0 bridgehead atoms. The second-order valence-corrected chi connectivity index (χ2v) is 12.8. The zero-order valence-electron chi connectivity index (χ0n) is 23.8.